The molecule has 4 atom stereocenters. The molecule has 184 valence electrons. The van der Waals surface area contributed by atoms with E-state index in [1.165, 1.54) is 51.5 Å². The van der Waals surface area contributed by atoms with Crippen LogP contribution < -0.4 is 10.1 Å². The molecule has 2 fully saturated rings. The van der Waals surface area contributed by atoms with Crippen molar-refractivity contribution in [3.05, 3.63) is 18.0 Å². The minimum absolute atomic E-state index is 0.159. The van der Waals surface area contributed by atoms with Crippen LogP contribution in [0.4, 0.5) is 0 Å². The van der Waals surface area contributed by atoms with Gasteiger partial charge in [0.2, 0.25) is 0 Å². The molecule has 1 aromatic rings. The van der Waals surface area contributed by atoms with Gasteiger partial charge in [-0.3, -0.25) is 4.79 Å². The molecule has 7 nitrogen and oxygen atoms in total. The number of rotatable bonds is 7. The lowest BCUT2D eigenvalue weighted by molar-refractivity contribution is -0.155. The summed E-state index contributed by atoms with van der Waals surface area (Å²) in [6.45, 7) is 6.55. The van der Waals surface area contributed by atoms with Gasteiger partial charge >= 0.3 is 5.97 Å². The lowest BCUT2D eigenvalue weighted by atomic mass is 9.73. The highest BCUT2D eigenvalue weighted by molar-refractivity contribution is 5.97. The first-order valence-corrected chi connectivity index (χ1v) is 12.5. The smallest absolute Gasteiger partial charge is 0.328 e. The zero-order valence-corrected chi connectivity index (χ0v) is 20.5. The van der Waals surface area contributed by atoms with E-state index in [2.05, 4.69) is 24.1 Å². The van der Waals surface area contributed by atoms with Gasteiger partial charge in [0, 0.05) is 18.2 Å². The number of ether oxygens (including phenoxy) is 2. The highest BCUT2D eigenvalue weighted by atomic mass is 16.5. The molecule has 7 heteroatoms. The largest absolute Gasteiger partial charge is 0.503 e. The van der Waals surface area contributed by atoms with Crippen molar-refractivity contribution in [2.75, 3.05) is 7.11 Å². The summed E-state index contributed by atoms with van der Waals surface area (Å²) in [5, 5.41) is 13.0. The van der Waals surface area contributed by atoms with Gasteiger partial charge in [-0.25, -0.2) is 9.78 Å². The van der Waals surface area contributed by atoms with Crippen molar-refractivity contribution in [3.63, 3.8) is 0 Å². The second kappa shape index (κ2) is 11.7. The van der Waals surface area contributed by atoms with Gasteiger partial charge in [-0.1, -0.05) is 52.4 Å². The number of cyclic esters (lactones) is 1. The van der Waals surface area contributed by atoms with Crippen molar-refractivity contribution in [1.82, 2.24) is 10.3 Å². The van der Waals surface area contributed by atoms with Gasteiger partial charge in [-0.2, -0.15) is 0 Å². The third-order valence-corrected chi connectivity index (χ3v) is 7.43. The Kier molecular flexibility index (Phi) is 8.98. The first-order chi connectivity index (χ1) is 15.8. The molecule has 2 N–H and O–H groups in total. The molecule has 1 amide bonds. The summed E-state index contributed by atoms with van der Waals surface area (Å²) in [4.78, 5) is 29.9. The summed E-state index contributed by atoms with van der Waals surface area (Å²) in [6.07, 6.45) is 10.9. The Balaban J connectivity index is 1.76. The molecule has 0 aromatic carbocycles. The van der Waals surface area contributed by atoms with Gasteiger partial charge in [-0.05, 0) is 43.9 Å². The van der Waals surface area contributed by atoms with Crippen LogP contribution in [0.25, 0.3) is 0 Å². The van der Waals surface area contributed by atoms with E-state index in [0.717, 1.165) is 19.3 Å². The maximum atomic E-state index is 13.1. The average Bonchev–Trinajstić information content (AvgIpc) is 3.31. The van der Waals surface area contributed by atoms with Crippen LogP contribution in [-0.4, -0.2) is 41.2 Å². The first kappa shape index (κ1) is 25.3. The lowest BCUT2D eigenvalue weighted by Crippen LogP contribution is -2.44. The molecule has 1 saturated carbocycles. The molecule has 0 spiro atoms. The molecule has 33 heavy (non-hydrogen) atoms. The second-order valence-corrected chi connectivity index (χ2v) is 10.2. The number of carbonyl (C=O) groups excluding carboxylic acids is 2. The number of pyridine rings is 1. The molecule has 0 unspecified atom stereocenters. The van der Waals surface area contributed by atoms with E-state index in [-0.39, 0.29) is 23.3 Å². The van der Waals surface area contributed by atoms with Crippen LogP contribution in [0.2, 0.25) is 0 Å². The van der Waals surface area contributed by atoms with Gasteiger partial charge in [0.15, 0.2) is 17.2 Å². The van der Waals surface area contributed by atoms with E-state index in [0.29, 0.717) is 30.1 Å². The van der Waals surface area contributed by atoms with Crippen LogP contribution in [-0.2, 0) is 9.53 Å². The summed E-state index contributed by atoms with van der Waals surface area (Å²) in [5.74, 6) is 0.967. The molecule has 0 bridgehead atoms. The summed E-state index contributed by atoms with van der Waals surface area (Å²) in [6, 6.07) is 0.711. The number of aromatic nitrogens is 1. The van der Waals surface area contributed by atoms with Gasteiger partial charge in [0.25, 0.3) is 5.91 Å². The predicted octanol–water partition coefficient (Wildman–Crippen LogP) is 4.87. The Hall–Kier alpha value is -2.31. The van der Waals surface area contributed by atoms with Crippen molar-refractivity contribution in [2.24, 2.45) is 23.7 Å². The summed E-state index contributed by atoms with van der Waals surface area (Å²) in [7, 11) is 1.41. The number of amides is 1. The van der Waals surface area contributed by atoms with Crippen LogP contribution in [0.5, 0.6) is 11.5 Å². The minimum Gasteiger partial charge on any atom is -0.503 e. The third kappa shape index (κ3) is 6.39. The predicted molar refractivity (Wildman–Crippen MR) is 126 cm³/mol. The number of hydrogen-bond acceptors (Lipinski definition) is 6. The summed E-state index contributed by atoms with van der Waals surface area (Å²) in [5.41, 5.74) is -0.159. The van der Waals surface area contributed by atoms with Crippen molar-refractivity contribution < 1.29 is 24.2 Å². The average molecular weight is 461 g/mol. The molecular weight excluding hydrogens is 420 g/mol. The summed E-state index contributed by atoms with van der Waals surface area (Å²) >= 11 is 0. The highest BCUT2D eigenvalue weighted by Gasteiger charge is 2.39. The second-order valence-electron chi connectivity index (χ2n) is 10.2. The molecule has 1 aromatic heterocycles. The Bertz CT molecular complexity index is 806. The maximum absolute atomic E-state index is 13.1. The van der Waals surface area contributed by atoms with Crippen molar-refractivity contribution in [1.29, 1.82) is 0 Å². The van der Waals surface area contributed by atoms with E-state index in [4.69, 9.17) is 9.47 Å². The highest BCUT2D eigenvalue weighted by Crippen LogP contribution is 2.42. The number of nitrogens with zero attached hydrogens (tertiary/aromatic N) is 1. The van der Waals surface area contributed by atoms with E-state index >= 15 is 0 Å². The fraction of sp³-hybridized carbons (Fsp3) is 0.731. The Morgan fingerprint density at radius 2 is 1.97 bits per heavy atom. The zero-order valence-electron chi connectivity index (χ0n) is 20.5. The van der Waals surface area contributed by atoms with Gasteiger partial charge in [0.1, 0.15) is 12.1 Å². The van der Waals surface area contributed by atoms with Crippen LogP contribution in [0.1, 0.15) is 89.0 Å². The fourth-order valence-corrected chi connectivity index (χ4v) is 5.74. The zero-order chi connectivity index (χ0) is 24.0. The molecule has 3 rings (SSSR count). The molecule has 0 radical (unpaired) electrons. The van der Waals surface area contributed by atoms with Crippen LogP contribution >= 0.6 is 0 Å². The van der Waals surface area contributed by atoms with Gasteiger partial charge < -0.3 is 19.9 Å². The Morgan fingerprint density at radius 1 is 1.24 bits per heavy atom. The quantitative estimate of drug-likeness (QED) is 0.564. The van der Waals surface area contributed by atoms with Crippen LogP contribution in [0.15, 0.2) is 12.3 Å². The van der Waals surface area contributed by atoms with Gasteiger partial charge in [0.05, 0.1) is 7.11 Å². The lowest BCUT2D eigenvalue weighted by Gasteiger charge is -2.36. The number of esters is 1. The first-order valence-electron chi connectivity index (χ1n) is 12.5. The molecule has 1 saturated heterocycles. The molecule has 2 heterocycles. The molecule has 1 aliphatic carbocycles. The fourth-order valence-electron chi connectivity index (χ4n) is 5.74. The van der Waals surface area contributed by atoms with Crippen LogP contribution in [0.3, 0.4) is 0 Å². The van der Waals surface area contributed by atoms with E-state index < -0.39 is 17.9 Å². The third-order valence-electron chi connectivity index (χ3n) is 7.43. The molecular formula is C26H40N2O5. The Labute approximate surface area is 197 Å². The SMILES string of the molecule is COc1ccnc(C(=O)N[C@H]2CCC[C@H](CCC(C)C)[C@@H](C3CCCC3)[C@H](C)OC2=O)c1O. The van der Waals surface area contributed by atoms with E-state index in [1.54, 1.807) is 0 Å². The van der Waals surface area contributed by atoms with Crippen molar-refractivity contribution in [3.8, 4) is 11.5 Å². The number of aromatic hydroxyl groups is 1. The number of carbonyl (C=O) groups is 2. The summed E-state index contributed by atoms with van der Waals surface area (Å²) < 4.78 is 11.1. The minimum atomic E-state index is -0.763. The number of hydrogen-bond donors (Lipinski definition) is 2. The normalized spacial score (nSPS) is 26.9. The number of nitrogens with one attached hydrogen (secondary N) is 1. The van der Waals surface area contributed by atoms with Crippen molar-refractivity contribution >= 4 is 11.9 Å². The topological polar surface area (TPSA) is 97.8 Å². The Morgan fingerprint density at radius 3 is 2.64 bits per heavy atom. The monoisotopic (exact) mass is 460 g/mol. The van der Waals surface area contributed by atoms with Crippen molar-refractivity contribution in [2.45, 2.75) is 90.7 Å². The molecule has 1 aliphatic heterocycles. The van der Waals surface area contributed by atoms with Crippen LogP contribution in [0, 0.1) is 23.7 Å². The van der Waals surface area contributed by atoms with Gasteiger partial charge in [-0.15, -0.1) is 0 Å². The van der Waals surface area contributed by atoms with E-state index in [9.17, 15) is 14.7 Å². The molecule has 2 aliphatic rings. The van der Waals surface area contributed by atoms with E-state index in [1.807, 2.05) is 6.92 Å². The number of methoxy groups -OCH3 is 1. The standard InChI is InChI=1S/C26H40N2O5/c1-16(2)12-13-19-10-7-11-20(26(31)33-17(3)22(19)18-8-5-6-9-18)28-25(30)23-24(29)21(32-4)14-15-27-23/h14-20,22,29H,5-13H2,1-4H3,(H,28,30)/t17-,19+,20-,22+/m0/s1. The maximum Gasteiger partial charge on any atom is 0.328 e.